The van der Waals surface area contributed by atoms with Crippen LogP contribution in [0.1, 0.15) is 25.0 Å². The normalized spacial score (nSPS) is 10.9. The van der Waals surface area contributed by atoms with E-state index in [2.05, 4.69) is 23.1 Å². The van der Waals surface area contributed by atoms with Gasteiger partial charge in [-0.05, 0) is 49.6 Å². The number of hydrogen-bond acceptors (Lipinski definition) is 4. The van der Waals surface area contributed by atoms with Gasteiger partial charge >= 0.3 is 0 Å². The van der Waals surface area contributed by atoms with E-state index in [0.717, 1.165) is 17.7 Å². The van der Waals surface area contributed by atoms with Gasteiger partial charge in [0, 0.05) is 17.5 Å². The number of para-hydroxylation sites is 1. The van der Waals surface area contributed by atoms with Crippen molar-refractivity contribution >= 4 is 17.5 Å². The van der Waals surface area contributed by atoms with E-state index in [9.17, 15) is 9.59 Å². The monoisotopic (exact) mass is 367 g/mol. The fourth-order valence-electron chi connectivity index (χ4n) is 2.30. The molecule has 0 radical (unpaired) electrons. The number of ether oxygens (including phenoxy) is 1. The van der Waals surface area contributed by atoms with Gasteiger partial charge in [0.2, 0.25) is 5.91 Å². The SMILES string of the molecule is CCc1ccc(NC(=O)C=C(C)NNC(=O)COc2ccccc2C)cc1. The number of hydrogen-bond donors (Lipinski definition) is 3. The van der Waals surface area contributed by atoms with Gasteiger partial charge < -0.3 is 15.5 Å². The lowest BCUT2D eigenvalue weighted by Crippen LogP contribution is -2.39. The maximum absolute atomic E-state index is 12.0. The third-order valence-corrected chi connectivity index (χ3v) is 3.83. The van der Waals surface area contributed by atoms with Gasteiger partial charge in [0.15, 0.2) is 6.61 Å². The topological polar surface area (TPSA) is 79.5 Å². The zero-order chi connectivity index (χ0) is 19.6. The summed E-state index contributed by atoms with van der Waals surface area (Å²) in [5.41, 5.74) is 8.57. The zero-order valence-corrected chi connectivity index (χ0v) is 15.8. The van der Waals surface area contributed by atoms with E-state index in [1.807, 2.05) is 49.4 Å². The van der Waals surface area contributed by atoms with Crippen LogP contribution >= 0.6 is 0 Å². The van der Waals surface area contributed by atoms with E-state index < -0.39 is 0 Å². The molecule has 0 aliphatic carbocycles. The zero-order valence-electron chi connectivity index (χ0n) is 15.8. The molecule has 3 N–H and O–H groups in total. The summed E-state index contributed by atoms with van der Waals surface area (Å²) in [5, 5.41) is 2.77. The van der Waals surface area contributed by atoms with Gasteiger partial charge in [-0.2, -0.15) is 0 Å². The number of rotatable bonds is 8. The molecule has 2 aromatic rings. The van der Waals surface area contributed by atoms with Crippen molar-refractivity contribution in [2.45, 2.75) is 27.2 Å². The lowest BCUT2D eigenvalue weighted by Gasteiger charge is -2.11. The van der Waals surface area contributed by atoms with Gasteiger partial charge in [0.25, 0.3) is 5.91 Å². The molecule has 0 heterocycles. The molecule has 6 nitrogen and oxygen atoms in total. The van der Waals surface area contributed by atoms with Crippen molar-refractivity contribution in [2.24, 2.45) is 0 Å². The van der Waals surface area contributed by atoms with Gasteiger partial charge in [0.1, 0.15) is 5.75 Å². The van der Waals surface area contributed by atoms with Gasteiger partial charge in [0.05, 0.1) is 0 Å². The number of benzene rings is 2. The molecular formula is C21H25N3O3. The van der Waals surface area contributed by atoms with Crippen LogP contribution in [0.5, 0.6) is 5.75 Å². The van der Waals surface area contributed by atoms with Crippen LogP contribution in [0.4, 0.5) is 5.69 Å². The van der Waals surface area contributed by atoms with Gasteiger partial charge in [-0.1, -0.05) is 37.3 Å². The summed E-state index contributed by atoms with van der Waals surface area (Å²) < 4.78 is 5.46. The maximum Gasteiger partial charge on any atom is 0.276 e. The molecule has 0 unspecified atom stereocenters. The van der Waals surface area contributed by atoms with Crippen molar-refractivity contribution in [3.63, 3.8) is 0 Å². The standard InChI is InChI=1S/C21H25N3O3/c1-4-17-9-11-18(12-10-17)22-20(25)13-16(3)23-24-21(26)14-27-19-8-6-5-7-15(19)2/h5-13,23H,4,14H2,1-3H3,(H,22,25)(H,24,26). The molecule has 6 heteroatoms. The Morgan fingerprint density at radius 1 is 1.04 bits per heavy atom. The Bertz CT molecular complexity index is 814. The molecule has 0 saturated heterocycles. The van der Waals surface area contributed by atoms with E-state index in [4.69, 9.17) is 4.74 Å². The van der Waals surface area contributed by atoms with E-state index in [-0.39, 0.29) is 18.4 Å². The second-order valence-corrected chi connectivity index (χ2v) is 6.09. The molecule has 0 aliphatic heterocycles. The summed E-state index contributed by atoms with van der Waals surface area (Å²) in [4.78, 5) is 23.8. The highest BCUT2D eigenvalue weighted by Gasteiger charge is 2.05. The molecule has 0 saturated carbocycles. The average molecular weight is 367 g/mol. The van der Waals surface area contributed by atoms with Crippen LogP contribution in [0.2, 0.25) is 0 Å². The lowest BCUT2D eigenvalue weighted by atomic mass is 10.1. The second kappa shape index (κ2) is 10.0. The largest absolute Gasteiger partial charge is 0.483 e. The van der Waals surface area contributed by atoms with Crippen molar-refractivity contribution in [1.82, 2.24) is 10.9 Å². The summed E-state index contributed by atoms with van der Waals surface area (Å²) in [6.07, 6.45) is 2.32. The third kappa shape index (κ3) is 6.86. The predicted molar refractivity (Wildman–Crippen MR) is 106 cm³/mol. The van der Waals surface area contributed by atoms with Crippen LogP contribution in [-0.2, 0) is 16.0 Å². The van der Waals surface area contributed by atoms with Gasteiger partial charge in [-0.3, -0.25) is 15.0 Å². The van der Waals surface area contributed by atoms with Crippen molar-refractivity contribution in [2.75, 3.05) is 11.9 Å². The minimum Gasteiger partial charge on any atom is -0.483 e. The number of aryl methyl sites for hydroxylation is 2. The van der Waals surface area contributed by atoms with Crippen LogP contribution in [0.25, 0.3) is 0 Å². The first-order valence-corrected chi connectivity index (χ1v) is 8.79. The Kier molecular flexibility index (Phi) is 7.43. The number of carbonyl (C=O) groups excluding carboxylic acids is 2. The molecule has 142 valence electrons. The van der Waals surface area contributed by atoms with Crippen LogP contribution < -0.4 is 20.9 Å². The van der Waals surface area contributed by atoms with E-state index in [1.165, 1.54) is 11.6 Å². The van der Waals surface area contributed by atoms with Crippen LogP contribution in [-0.4, -0.2) is 18.4 Å². The summed E-state index contributed by atoms with van der Waals surface area (Å²) in [6.45, 7) is 5.54. The molecule has 27 heavy (non-hydrogen) atoms. The number of hydrazine groups is 1. The smallest absolute Gasteiger partial charge is 0.276 e. The number of anilines is 1. The Balaban J connectivity index is 1.76. The van der Waals surface area contributed by atoms with Crippen LogP contribution in [0.15, 0.2) is 60.3 Å². The molecule has 0 aliphatic rings. The van der Waals surface area contributed by atoms with E-state index >= 15 is 0 Å². The quantitative estimate of drug-likeness (QED) is 0.495. The fraction of sp³-hybridized carbons (Fsp3) is 0.238. The number of amides is 2. The summed E-state index contributed by atoms with van der Waals surface area (Å²) >= 11 is 0. The molecule has 0 spiro atoms. The summed E-state index contributed by atoms with van der Waals surface area (Å²) in [7, 11) is 0. The molecule has 2 amide bonds. The average Bonchev–Trinajstić information content (AvgIpc) is 2.66. The Labute approximate surface area is 159 Å². The van der Waals surface area contributed by atoms with Crippen molar-refractivity contribution < 1.29 is 14.3 Å². The van der Waals surface area contributed by atoms with Crippen LogP contribution in [0.3, 0.4) is 0 Å². The third-order valence-electron chi connectivity index (χ3n) is 3.83. The lowest BCUT2D eigenvalue weighted by molar-refractivity contribution is -0.124. The first-order valence-electron chi connectivity index (χ1n) is 8.79. The summed E-state index contributed by atoms with van der Waals surface area (Å²) in [6, 6.07) is 15.1. The maximum atomic E-state index is 12.0. The Morgan fingerprint density at radius 3 is 2.41 bits per heavy atom. The van der Waals surface area contributed by atoms with E-state index in [0.29, 0.717) is 11.4 Å². The van der Waals surface area contributed by atoms with E-state index in [1.54, 1.807) is 13.0 Å². The second-order valence-electron chi connectivity index (χ2n) is 6.09. The molecule has 2 rings (SSSR count). The van der Waals surface area contributed by atoms with Crippen molar-refractivity contribution in [3.05, 3.63) is 71.4 Å². The molecule has 0 aromatic heterocycles. The van der Waals surface area contributed by atoms with Gasteiger partial charge in [-0.25, -0.2) is 0 Å². The Morgan fingerprint density at radius 2 is 1.74 bits per heavy atom. The first kappa shape index (κ1) is 20.0. The van der Waals surface area contributed by atoms with Crippen molar-refractivity contribution in [1.29, 1.82) is 0 Å². The first-order chi connectivity index (χ1) is 13.0. The number of allylic oxidation sites excluding steroid dienone is 1. The highest BCUT2D eigenvalue weighted by molar-refractivity contribution is 5.99. The highest BCUT2D eigenvalue weighted by Crippen LogP contribution is 2.15. The molecule has 2 aromatic carbocycles. The molecule has 0 bridgehead atoms. The minimum atomic E-state index is -0.346. The molecule has 0 atom stereocenters. The minimum absolute atomic E-state index is 0.124. The molecule has 0 fully saturated rings. The summed E-state index contributed by atoms with van der Waals surface area (Å²) in [5.74, 6) is 0.0320. The highest BCUT2D eigenvalue weighted by atomic mass is 16.5. The molecular weight excluding hydrogens is 342 g/mol. The Hall–Kier alpha value is -3.28. The van der Waals surface area contributed by atoms with Gasteiger partial charge in [-0.15, -0.1) is 0 Å². The fourth-order valence-corrected chi connectivity index (χ4v) is 2.30. The van der Waals surface area contributed by atoms with Crippen LogP contribution in [0, 0.1) is 6.92 Å². The number of nitrogens with one attached hydrogen (secondary N) is 3. The number of carbonyl (C=O) groups is 2. The predicted octanol–water partition coefficient (Wildman–Crippen LogP) is 3.10. The van der Waals surface area contributed by atoms with Crippen molar-refractivity contribution in [3.8, 4) is 5.75 Å².